The van der Waals surface area contributed by atoms with Crippen LogP contribution in [-0.2, 0) is 0 Å². The summed E-state index contributed by atoms with van der Waals surface area (Å²) in [5.41, 5.74) is 11.5. The van der Waals surface area contributed by atoms with Crippen molar-refractivity contribution in [1.82, 2.24) is 9.97 Å². The van der Waals surface area contributed by atoms with Crippen molar-refractivity contribution in [2.24, 2.45) is 0 Å². The summed E-state index contributed by atoms with van der Waals surface area (Å²) in [6.07, 6.45) is 1.72. The first-order valence-electron chi connectivity index (χ1n) is 17.2. The number of hydrogen-bond acceptors (Lipinski definition) is 2. The fraction of sp³-hybridized carbons (Fsp3) is 0. The van der Waals surface area contributed by atoms with Crippen LogP contribution in [0.2, 0.25) is 0 Å². The molecule has 0 fully saturated rings. The Kier molecular flexibility index (Phi) is 5.70. The van der Waals surface area contributed by atoms with Gasteiger partial charge in [0.25, 0.3) is 0 Å². The smallest absolute Gasteiger partial charge is 0.116 e. The molecular weight excluding hydrogens is 605 g/mol. The second-order valence-electron chi connectivity index (χ2n) is 13.3. The first kappa shape index (κ1) is 27.3. The molecule has 0 N–H and O–H groups in total. The highest BCUT2D eigenvalue weighted by Crippen LogP contribution is 2.50. The van der Waals surface area contributed by atoms with Gasteiger partial charge in [-0.25, -0.2) is 9.97 Å². The third-order valence-corrected chi connectivity index (χ3v) is 10.6. The van der Waals surface area contributed by atoms with Gasteiger partial charge in [0.2, 0.25) is 0 Å². The molecule has 230 valence electrons. The summed E-state index contributed by atoms with van der Waals surface area (Å²) in [4.78, 5) is 9.76. The van der Waals surface area contributed by atoms with Crippen molar-refractivity contribution in [3.05, 3.63) is 170 Å². The van der Waals surface area contributed by atoms with Crippen LogP contribution in [0.25, 0.3) is 110 Å². The van der Waals surface area contributed by atoms with Crippen LogP contribution in [0.4, 0.5) is 0 Å². The van der Waals surface area contributed by atoms with Crippen LogP contribution in [-0.4, -0.2) is 9.97 Å². The van der Waals surface area contributed by atoms with Gasteiger partial charge in [0.1, 0.15) is 6.33 Å². The van der Waals surface area contributed by atoms with Gasteiger partial charge in [0.05, 0.1) is 11.4 Å². The Morgan fingerprint density at radius 3 is 1.58 bits per heavy atom. The highest BCUT2D eigenvalue weighted by molar-refractivity contribution is 6.24. The van der Waals surface area contributed by atoms with Gasteiger partial charge in [-0.1, -0.05) is 146 Å². The molecule has 0 bridgehead atoms. The predicted octanol–water partition coefficient (Wildman–Crippen LogP) is 12.9. The Morgan fingerprint density at radius 1 is 0.300 bits per heavy atom. The van der Waals surface area contributed by atoms with E-state index in [0.717, 1.165) is 22.5 Å². The van der Waals surface area contributed by atoms with E-state index in [0.29, 0.717) is 0 Å². The van der Waals surface area contributed by atoms with Crippen molar-refractivity contribution < 1.29 is 0 Å². The Bertz CT molecular complexity index is 2980. The zero-order chi connectivity index (χ0) is 32.8. The SMILES string of the molecule is c1cc(-c2ncnc3c2-c2cccc4cccc-3c24)cc(-c2c3ccccc3c(-c3cccc4cc5ccccc5cc34)c3ccccc23)c1. The lowest BCUT2D eigenvalue weighted by Gasteiger charge is -2.19. The van der Waals surface area contributed by atoms with Crippen LogP contribution in [0.3, 0.4) is 0 Å². The summed E-state index contributed by atoms with van der Waals surface area (Å²) in [5.74, 6) is 0. The molecule has 0 aliphatic heterocycles. The molecule has 1 aromatic heterocycles. The fourth-order valence-corrected chi connectivity index (χ4v) is 8.55. The lowest BCUT2D eigenvalue weighted by Crippen LogP contribution is -1.94. The standard InChI is InChI=1S/C48H28N2/c1-2-12-31-27-42-32(25-30(31)11-1)15-10-22-39(42)45-37-20-5-3-18-35(37)44(36-19-4-6-21-38(36)45)33-16-7-17-34(26-33)47-46-40-23-8-13-29-14-9-24-41(43(29)40)48(46)50-28-49-47/h1-28H. The Morgan fingerprint density at radius 2 is 0.840 bits per heavy atom. The Hall–Kier alpha value is -6.64. The number of aromatic nitrogens is 2. The first-order chi connectivity index (χ1) is 24.8. The minimum atomic E-state index is 0.966. The van der Waals surface area contributed by atoms with Crippen molar-refractivity contribution >= 4 is 53.9 Å². The van der Waals surface area contributed by atoms with E-state index in [1.807, 2.05) is 0 Å². The second-order valence-corrected chi connectivity index (χ2v) is 13.3. The third kappa shape index (κ3) is 3.85. The molecule has 1 aliphatic carbocycles. The van der Waals surface area contributed by atoms with Gasteiger partial charge in [0, 0.05) is 16.7 Å². The minimum Gasteiger partial charge on any atom is -0.236 e. The molecule has 10 aromatic rings. The van der Waals surface area contributed by atoms with E-state index in [1.54, 1.807) is 6.33 Å². The molecule has 0 atom stereocenters. The van der Waals surface area contributed by atoms with Crippen molar-refractivity contribution in [1.29, 1.82) is 0 Å². The number of nitrogens with zero attached hydrogens (tertiary/aromatic N) is 2. The summed E-state index contributed by atoms with van der Waals surface area (Å²) in [6.45, 7) is 0. The monoisotopic (exact) mass is 632 g/mol. The van der Waals surface area contributed by atoms with E-state index in [9.17, 15) is 0 Å². The van der Waals surface area contributed by atoms with E-state index < -0.39 is 0 Å². The van der Waals surface area contributed by atoms with Crippen molar-refractivity contribution in [2.75, 3.05) is 0 Å². The van der Waals surface area contributed by atoms with E-state index in [4.69, 9.17) is 9.97 Å². The molecular formula is C48H28N2. The molecule has 2 heteroatoms. The molecule has 2 nitrogen and oxygen atoms in total. The maximum atomic E-state index is 4.94. The van der Waals surface area contributed by atoms with E-state index in [1.165, 1.54) is 87.2 Å². The third-order valence-electron chi connectivity index (χ3n) is 10.6. The largest absolute Gasteiger partial charge is 0.236 e. The van der Waals surface area contributed by atoms with Crippen LogP contribution in [0.5, 0.6) is 0 Å². The minimum absolute atomic E-state index is 0.966. The number of benzene rings is 9. The normalized spacial score (nSPS) is 12.0. The summed E-state index contributed by atoms with van der Waals surface area (Å²) in [5, 5.41) is 12.5. The molecule has 1 aliphatic rings. The molecule has 0 spiro atoms. The van der Waals surface area contributed by atoms with Crippen LogP contribution in [0, 0.1) is 0 Å². The predicted molar refractivity (Wildman–Crippen MR) is 210 cm³/mol. The van der Waals surface area contributed by atoms with Crippen molar-refractivity contribution in [3.63, 3.8) is 0 Å². The molecule has 1 heterocycles. The summed E-state index contributed by atoms with van der Waals surface area (Å²) < 4.78 is 0. The Balaban J connectivity index is 1.17. The van der Waals surface area contributed by atoms with Gasteiger partial charge in [-0.15, -0.1) is 0 Å². The van der Waals surface area contributed by atoms with Crippen molar-refractivity contribution in [2.45, 2.75) is 0 Å². The Labute approximate surface area is 289 Å². The number of rotatable bonds is 3. The average molecular weight is 633 g/mol. The molecule has 11 rings (SSSR count). The van der Waals surface area contributed by atoms with E-state index in [-0.39, 0.29) is 0 Å². The molecule has 0 radical (unpaired) electrons. The van der Waals surface area contributed by atoms with Gasteiger partial charge in [-0.05, 0) is 99.9 Å². The number of hydrogen-bond donors (Lipinski definition) is 0. The van der Waals surface area contributed by atoms with Gasteiger partial charge in [-0.3, -0.25) is 0 Å². The summed E-state index contributed by atoms with van der Waals surface area (Å²) in [7, 11) is 0. The molecule has 0 unspecified atom stereocenters. The van der Waals surface area contributed by atoms with Gasteiger partial charge in [-0.2, -0.15) is 0 Å². The molecule has 9 aromatic carbocycles. The average Bonchev–Trinajstić information content (AvgIpc) is 3.51. The van der Waals surface area contributed by atoms with Gasteiger partial charge >= 0.3 is 0 Å². The zero-order valence-corrected chi connectivity index (χ0v) is 27.1. The molecule has 0 saturated carbocycles. The first-order valence-corrected chi connectivity index (χ1v) is 17.2. The van der Waals surface area contributed by atoms with E-state index in [2.05, 4.69) is 164 Å². The number of fused-ring (bicyclic) bond motifs is 7. The second kappa shape index (κ2) is 10.4. The molecule has 0 saturated heterocycles. The summed E-state index contributed by atoms with van der Waals surface area (Å²) >= 11 is 0. The fourth-order valence-electron chi connectivity index (χ4n) is 8.55. The quantitative estimate of drug-likeness (QED) is 0.181. The van der Waals surface area contributed by atoms with Crippen LogP contribution >= 0.6 is 0 Å². The lowest BCUT2D eigenvalue weighted by atomic mass is 9.84. The topological polar surface area (TPSA) is 25.8 Å². The van der Waals surface area contributed by atoms with Crippen LogP contribution in [0.1, 0.15) is 0 Å². The highest BCUT2D eigenvalue weighted by Gasteiger charge is 2.27. The maximum Gasteiger partial charge on any atom is 0.116 e. The van der Waals surface area contributed by atoms with Crippen molar-refractivity contribution in [3.8, 4) is 55.9 Å². The molecule has 50 heavy (non-hydrogen) atoms. The van der Waals surface area contributed by atoms with E-state index >= 15 is 0 Å². The highest BCUT2D eigenvalue weighted by atomic mass is 14.9. The lowest BCUT2D eigenvalue weighted by molar-refractivity contribution is 1.19. The van der Waals surface area contributed by atoms with Crippen LogP contribution in [0.15, 0.2) is 170 Å². The van der Waals surface area contributed by atoms with Gasteiger partial charge < -0.3 is 0 Å². The zero-order valence-electron chi connectivity index (χ0n) is 27.1. The molecule has 0 amide bonds. The van der Waals surface area contributed by atoms with Gasteiger partial charge in [0.15, 0.2) is 0 Å². The maximum absolute atomic E-state index is 4.94. The van der Waals surface area contributed by atoms with Crippen LogP contribution < -0.4 is 0 Å². The summed E-state index contributed by atoms with van der Waals surface area (Å²) in [6, 6.07) is 59.8.